The summed E-state index contributed by atoms with van der Waals surface area (Å²) in [4.78, 5) is 11.7. The largest absolute Gasteiger partial charge is 0.434 e. The number of nitriles is 1. The van der Waals surface area contributed by atoms with Crippen LogP contribution in [0.4, 0.5) is 5.69 Å². The van der Waals surface area contributed by atoms with Gasteiger partial charge in [-0.25, -0.2) is 14.2 Å². The molecule has 0 aliphatic carbocycles. The predicted molar refractivity (Wildman–Crippen MR) is 115 cm³/mol. The van der Waals surface area contributed by atoms with Gasteiger partial charge in [-0.3, -0.25) is 0 Å². The van der Waals surface area contributed by atoms with Crippen LogP contribution in [0.25, 0.3) is 0 Å². The first-order valence-corrected chi connectivity index (χ1v) is 11.9. The van der Waals surface area contributed by atoms with Gasteiger partial charge in [0.25, 0.3) is 0 Å². The first kappa shape index (κ1) is 21.6. The summed E-state index contributed by atoms with van der Waals surface area (Å²) in [5.41, 5.74) is 3.19. The normalized spacial score (nSPS) is 23.5. The minimum absolute atomic E-state index is 0.0496. The molecule has 0 amide bonds. The molecule has 0 saturated carbocycles. The van der Waals surface area contributed by atoms with E-state index in [1.807, 2.05) is 32.9 Å². The Morgan fingerprint density at radius 3 is 2.58 bits per heavy atom. The number of aromatic nitrogens is 2. The van der Waals surface area contributed by atoms with Gasteiger partial charge in [-0.15, -0.1) is 5.10 Å². The van der Waals surface area contributed by atoms with E-state index in [1.165, 1.54) is 8.61 Å². The minimum Gasteiger partial charge on any atom is -0.390 e. The minimum atomic E-state index is -3.95. The van der Waals surface area contributed by atoms with Crippen molar-refractivity contribution in [3.05, 3.63) is 45.3 Å². The van der Waals surface area contributed by atoms with Crippen molar-refractivity contribution < 1.29 is 12.8 Å². The third-order valence-corrected chi connectivity index (χ3v) is 8.72. The monoisotopic (exact) mass is 445 g/mol. The summed E-state index contributed by atoms with van der Waals surface area (Å²) >= 11 is 0. The number of rotatable bonds is 4. The van der Waals surface area contributed by atoms with Crippen LogP contribution in [0.2, 0.25) is 0 Å². The molecule has 10 heteroatoms. The fourth-order valence-corrected chi connectivity index (χ4v) is 6.68. The van der Waals surface area contributed by atoms with E-state index in [9.17, 15) is 18.5 Å². The van der Waals surface area contributed by atoms with Crippen molar-refractivity contribution >= 4 is 15.9 Å². The van der Waals surface area contributed by atoms with Crippen LogP contribution in [-0.2, 0) is 16.6 Å². The van der Waals surface area contributed by atoms with Crippen LogP contribution in [0.1, 0.15) is 68.2 Å². The maximum absolute atomic E-state index is 13.9. The summed E-state index contributed by atoms with van der Waals surface area (Å²) < 4.78 is 35.7. The second kappa shape index (κ2) is 7.50. The third-order valence-electron chi connectivity index (χ3n) is 6.78. The zero-order chi connectivity index (χ0) is 22.6. The van der Waals surface area contributed by atoms with E-state index in [4.69, 9.17) is 4.42 Å². The zero-order valence-electron chi connectivity index (χ0n) is 18.2. The van der Waals surface area contributed by atoms with Gasteiger partial charge in [0.1, 0.15) is 6.04 Å². The molecular formula is C21H27N5O4S. The maximum Gasteiger partial charge on any atom is 0.434 e. The summed E-state index contributed by atoms with van der Waals surface area (Å²) in [6.45, 7) is 8.38. The fourth-order valence-electron chi connectivity index (χ4n) is 4.82. The Labute approximate surface area is 181 Å². The molecule has 1 aromatic carbocycles. The number of H-pyrrole nitrogens is 1. The van der Waals surface area contributed by atoms with Crippen LogP contribution in [0.5, 0.6) is 0 Å². The number of hydrogen-bond acceptors (Lipinski definition) is 6. The number of piperidine rings is 1. The summed E-state index contributed by atoms with van der Waals surface area (Å²) in [6, 6.07) is 5.32. The fraction of sp³-hybridized carbons (Fsp3) is 0.571. The van der Waals surface area contributed by atoms with Crippen molar-refractivity contribution in [2.24, 2.45) is 5.41 Å². The molecule has 1 N–H and O–H groups in total. The molecule has 2 aliphatic heterocycles. The first-order valence-electron chi connectivity index (χ1n) is 10.5. The molecule has 31 heavy (non-hydrogen) atoms. The standard InChI is InChI=1S/C21H27N5O4S/c1-5-15-6-7-16-17(13(15)2)14(3)18(19-23-24-20(27)30-19)26(16)31(28,29)25-10-8-21(4,12-22)9-11-25/h6-7,14,18H,5,8-11H2,1-4H3,(H,24,27). The van der Waals surface area contributed by atoms with Crippen molar-refractivity contribution in [1.82, 2.24) is 14.5 Å². The van der Waals surface area contributed by atoms with Gasteiger partial charge in [-0.1, -0.05) is 19.9 Å². The van der Waals surface area contributed by atoms with Crippen LogP contribution in [-0.4, -0.2) is 36.0 Å². The molecule has 0 bridgehead atoms. The quantitative estimate of drug-likeness (QED) is 0.772. The second-order valence-corrected chi connectivity index (χ2v) is 10.5. The van der Waals surface area contributed by atoms with Gasteiger partial charge < -0.3 is 4.42 Å². The molecular weight excluding hydrogens is 418 g/mol. The molecule has 1 fully saturated rings. The Balaban J connectivity index is 1.83. The smallest absolute Gasteiger partial charge is 0.390 e. The lowest BCUT2D eigenvalue weighted by Crippen LogP contribution is -2.49. The molecule has 2 aromatic rings. The maximum atomic E-state index is 13.9. The van der Waals surface area contributed by atoms with Gasteiger partial charge in [-0.2, -0.15) is 18.0 Å². The molecule has 2 unspecified atom stereocenters. The van der Waals surface area contributed by atoms with Crippen molar-refractivity contribution in [3.8, 4) is 6.07 Å². The van der Waals surface area contributed by atoms with Gasteiger partial charge in [0.2, 0.25) is 5.89 Å². The highest BCUT2D eigenvalue weighted by Crippen LogP contribution is 2.52. The van der Waals surface area contributed by atoms with Crippen LogP contribution in [0.15, 0.2) is 21.3 Å². The molecule has 4 rings (SSSR count). The highest BCUT2D eigenvalue weighted by atomic mass is 32.2. The highest BCUT2D eigenvalue weighted by molar-refractivity contribution is 7.90. The molecule has 2 aliphatic rings. The van der Waals surface area contributed by atoms with Crippen LogP contribution in [0, 0.1) is 23.7 Å². The second-order valence-electron chi connectivity index (χ2n) is 8.70. The molecule has 1 aromatic heterocycles. The number of fused-ring (bicyclic) bond motifs is 1. The van der Waals surface area contributed by atoms with E-state index in [2.05, 4.69) is 23.2 Å². The van der Waals surface area contributed by atoms with Gasteiger partial charge in [0.05, 0.1) is 17.2 Å². The van der Waals surface area contributed by atoms with Gasteiger partial charge in [0.15, 0.2) is 0 Å². The van der Waals surface area contributed by atoms with E-state index in [0.717, 1.165) is 23.1 Å². The van der Waals surface area contributed by atoms with Crippen molar-refractivity contribution in [2.45, 2.75) is 58.9 Å². The number of aromatic amines is 1. The Morgan fingerprint density at radius 1 is 1.35 bits per heavy atom. The lowest BCUT2D eigenvalue weighted by molar-refractivity contribution is 0.230. The summed E-state index contributed by atoms with van der Waals surface area (Å²) in [5.74, 6) is -0.922. The third kappa shape index (κ3) is 3.36. The lowest BCUT2D eigenvalue weighted by Gasteiger charge is -2.38. The molecule has 3 heterocycles. The van der Waals surface area contributed by atoms with E-state index < -0.39 is 27.4 Å². The lowest BCUT2D eigenvalue weighted by atomic mass is 9.83. The molecule has 9 nitrogen and oxygen atoms in total. The molecule has 0 radical (unpaired) electrons. The Morgan fingerprint density at radius 2 is 2.03 bits per heavy atom. The number of anilines is 1. The van der Waals surface area contributed by atoms with Gasteiger partial charge >= 0.3 is 16.0 Å². The van der Waals surface area contributed by atoms with Crippen molar-refractivity contribution in [1.29, 1.82) is 5.26 Å². The zero-order valence-corrected chi connectivity index (χ0v) is 19.0. The number of benzene rings is 1. The summed E-state index contributed by atoms with van der Waals surface area (Å²) in [6.07, 6.45) is 1.77. The average molecular weight is 446 g/mol. The van der Waals surface area contributed by atoms with E-state index in [-0.39, 0.29) is 24.9 Å². The number of aryl methyl sites for hydroxylation is 1. The van der Waals surface area contributed by atoms with E-state index >= 15 is 0 Å². The Hall–Kier alpha value is -2.64. The highest BCUT2D eigenvalue weighted by Gasteiger charge is 2.49. The number of nitrogens with zero attached hydrogens (tertiary/aromatic N) is 4. The Kier molecular flexibility index (Phi) is 5.22. The van der Waals surface area contributed by atoms with E-state index in [0.29, 0.717) is 18.5 Å². The molecule has 0 spiro atoms. The number of hydrogen-bond donors (Lipinski definition) is 1. The van der Waals surface area contributed by atoms with Gasteiger partial charge in [0, 0.05) is 19.0 Å². The Bertz CT molecular complexity index is 1200. The number of nitrogens with one attached hydrogen (secondary N) is 1. The topological polar surface area (TPSA) is 123 Å². The van der Waals surface area contributed by atoms with E-state index in [1.54, 1.807) is 0 Å². The van der Waals surface area contributed by atoms with Crippen LogP contribution in [0.3, 0.4) is 0 Å². The van der Waals surface area contributed by atoms with Crippen molar-refractivity contribution in [2.75, 3.05) is 17.4 Å². The first-order chi connectivity index (χ1) is 14.6. The van der Waals surface area contributed by atoms with Crippen molar-refractivity contribution in [3.63, 3.8) is 0 Å². The van der Waals surface area contributed by atoms with Gasteiger partial charge in [-0.05, 0) is 55.9 Å². The molecule has 1 saturated heterocycles. The summed E-state index contributed by atoms with van der Waals surface area (Å²) in [5, 5.41) is 15.6. The average Bonchev–Trinajstić information content (AvgIpc) is 3.30. The predicted octanol–water partition coefficient (Wildman–Crippen LogP) is 2.77. The van der Waals surface area contributed by atoms with Crippen LogP contribution < -0.4 is 10.1 Å². The van der Waals surface area contributed by atoms with Crippen LogP contribution >= 0.6 is 0 Å². The molecule has 166 valence electrons. The summed E-state index contributed by atoms with van der Waals surface area (Å²) in [7, 11) is -3.95. The SMILES string of the molecule is CCc1ccc2c(c1C)C(C)C(c1n[nH]c(=O)o1)N2S(=O)(=O)N1CCC(C)(C#N)CC1. The molecule has 2 atom stereocenters.